The van der Waals surface area contributed by atoms with Gasteiger partial charge in [-0.3, -0.25) is 0 Å². The van der Waals surface area contributed by atoms with Gasteiger partial charge < -0.3 is 0 Å². The number of hydrogen-bond donors (Lipinski definition) is 0. The normalized spacial score (nSPS) is 33.9. The fourth-order valence-corrected chi connectivity index (χ4v) is 5.38. The maximum atomic E-state index is 2.61. The first-order valence-corrected chi connectivity index (χ1v) is 12.3. The molecule has 0 aliphatic heterocycles. The molecule has 3 rings (SSSR count). The van der Waals surface area contributed by atoms with Gasteiger partial charge >= 0.3 is 0 Å². The standard InChI is InChI=1S/C30H44/c1-22-9-13-27(14-10-22)25(4)8-7-18-30(6)19-17-24(3)20-29(30)21-26(5)28-15-11-23(2)12-16-28/h7-9,11,18,20-21,27-29H,10,12-17,19H2,1-6H3/b18-7+,25-8+,26-21+/t27-,28-,29+,30-/m0/s1. The van der Waals surface area contributed by atoms with Gasteiger partial charge in [-0.1, -0.05) is 77.3 Å². The first kappa shape index (κ1) is 23.1. The summed E-state index contributed by atoms with van der Waals surface area (Å²) in [4.78, 5) is 0. The lowest BCUT2D eigenvalue weighted by atomic mass is 9.67. The molecule has 0 heteroatoms. The monoisotopic (exact) mass is 404 g/mol. The smallest absolute Gasteiger partial charge is 0.00404 e. The van der Waals surface area contributed by atoms with E-state index in [1.54, 1.807) is 27.9 Å². The second-order valence-electron chi connectivity index (χ2n) is 10.8. The van der Waals surface area contributed by atoms with Crippen molar-refractivity contribution in [3.8, 4) is 0 Å². The third-order valence-corrected chi connectivity index (χ3v) is 8.13. The van der Waals surface area contributed by atoms with E-state index in [1.165, 1.54) is 51.4 Å². The van der Waals surface area contributed by atoms with Crippen LogP contribution in [0.25, 0.3) is 0 Å². The molecule has 0 aromatic carbocycles. The molecule has 3 aliphatic rings. The van der Waals surface area contributed by atoms with Crippen molar-refractivity contribution in [1.82, 2.24) is 0 Å². The summed E-state index contributed by atoms with van der Waals surface area (Å²) in [6, 6.07) is 0. The number of hydrogen-bond acceptors (Lipinski definition) is 0. The summed E-state index contributed by atoms with van der Waals surface area (Å²) < 4.78 is 0. The Morgan fingerprint density at radius 2 is 1.47 bits per heavy atom. The lowest BCUT2D eigenvalue weighted by Crippen LogP contribution is -2.26. The van der Waals surface area contributed by atoms with Crippen LogP contribution in [-0.2, 0) is 0 Å². The minimum absolute atomic E-state index is 0.223. The van der Waals surface area contributed by atoms with Gasteiger partial charge in [0.1, 0.15) is 0 Å². The summed E-state index contributed by atoms with van der Waals surface area (Å²) in [5.41, 5.74) is 8.08. The lowest BCUT2D eigenvalue weighted by Gasteiger charge is -2.37. The molecule has 30 heavy (non-hydrogen) atoms. The Bertz CT molecular complexity index is 794. The van der Waals surface area contributed by atoms with Crippen LogP contribution in [-0.4, -0.2) is 0 Å². The summed E-state index contributed by atoms with van der Waals surface area (Å²) in [6.45, 7) is 14.1. The van der Waals surface area contributed by atoms with Gasteiger partial charge in [-0.25, -0.2) is 0 Å². The minimum atomic E-state index is 0.223. The Balaban J connectivity index is 1.73. The van der Waals surface area contributed by atoms with Crippen molar-refractivity contribution in [2.45, 2.75) is 92.9 Å². The Hall–Kier alpha value is -1.56. The van der Waals surface area contributed by atoms with Crippen LogP contribution in [0.5, 0.6) is 0 Å². The molecule has 0 amide bonds. The summed E-state index contributed by atoms with van der Waals surface area (Å²) in [7, 11) is 0. The van der Waals surface area contributed by atoms with E-state index in [0.29, 0.717) is 5.92 Å². The zero-order chi connectivity index (χ0) is 21.7. The molecule has 3 aliphatic carbocycles. The van der Waals surface area contributed by atoms with Crippen molar-refractivity contribution in [1.29, 1.82) is 0 Å². The molecule has 0 radical (unpaired) electrons. The second kappa shape index (κ2) is 10.2. The van der Waals surface area contributed by atoms with Gasteiger partial charge in [0.25, 0.3) is 0 Å². The summed E-state index contributed by atoms with van der Waals surface area (Å²) in [5, 5.41) is 0. The lowest BCUT2D eigenvalue weighted by molar-refractivity contribution is 0.309. The molecule has 0 unspecified atom stereocenters. The molecule has 164 valence electrons. The van der Waals surface area contributed by atoms with Crippen molar-refractivity contribution in [2.75, 3.05) is 0 Å². The molecular formula is C30H44. The van der Waals surface area contributed by atoms with Gasteiger partial charge in [0, 0.05) is 5.92 Å². The van der Waals surface area contributed by atoms with Gasteiger partial charge in [0.05, 0.1) is 0 Å². The van der Waals surface area contributed by atoms with E-state index in [-0.39, 0.29) is 5.41 Å². The fraction of sp³-hybridized carbons (Fsp3) is 0.600. The largest absolute Gasteiger partial charge is 0.0850 e. The highest BCUT2D eigenvalue weighted by Gasteiger charge is 2.32. The van der Waals surface area contributed by atoms with Crippen LogP contribution in [0.3, 0.4) is 0 Å². The van der Waals surface area contributed by atoms with Crippen LogP contribution in [0.2, 0.25) is 0 Å². The quantitative estimate of drug-likeness (QED) is 0.316. The average Bonchev–Trinajstić information content (AvgIpc) is 2.72. The topological polar surface area (TPSA) is 0 Å². The molecule has 0 saturated carbocycles. The van der Waals surface area contributed by atoms with E-state index in [4.69, 9.17) is 0 Å². The van der Waals surface area contributed by atoms with Crippen LogP contribution in [0, 0.1) is 23.2 Å². The van der Waals surface area contributed by atoms with Crippen LogP contribution in [0.4, 0.5) is 0 Å². The van der Waals surface area contributed by atoms with Crippen molar-refractivity contribution in [2.24, 2.45) is 23.2 Å². The Morgan fingerprint density at radius 3 is 2.03 bits per heavy atom. The van der Waals surface area contributed by atoms with Gasteiger partial charge in [-0.15, -0.1) is 0 Å². The van der Waals surface area contributed by atoms with Crippen LogP contribution in [0.15, 0.2) is 70.4 Å². The highest BCUT2D eigenvalue weighted by atomic mass is 14.4. The first-order valence-electron chi connectivity index (χ1n) is 12.3. The Labute approximate surface area is 186 Å². The predicted molar refractivity (Wildman–Crippen MR) is 133 cm³/mol. The SMILES string of the molecule is CC1=CC[C@H](/C(C)=C/C=C/[C@@]2(C)CCC(C)=C[C@@H]2/C=C(\C)[C@H]2CC=C(C)CC2)CC1. The Morgan fingerprint density at radius 1 is 0.867 bits per heavy atom. The van der Waals surface area contributed by atoms with Crippen molar-refractivity contribution in [3.05, 3.63) is 70.4 Å². The third kappa shape index (κ3) is 5.99. The molecule has 0 bridgehead atoms. The van der Waals surface area contributed by atoms with E-state index in [1.807, 2.05) is 0 Å². The van der Waals surface area contributed by atoms with E-state index < -0.39 is 0 Å². The summed E-state index contributed by atoms with van der Waals surface area (Å²) in [6.07, 6.45) is 27.5. The maximum Gasteiger partial charge on any atom is 0.00404 e. The summed E-state index contributed by atoms with van der Waals surface area (Å²) in [5.74, 6) is 1.99. The van der Waals surface area contributed by atoms with Crippen LogP contribution >= 0.6 is 0 Å². The highest BCUT2D eigenvalue weighted by Crippen LogP contribution is 2.43. The zero-order valence-corrected chi connectivity index (χ0v) is 20.4. The van der Waals surface area contributed by atoms with Crippen molar-refractivity contribution >= 4 is 0 Å². The Kier molecular flexibility index (Phi) is 7.83. The molecule has 0 nitrogen and oxygen atoms in total. The van der Waals surface area contributed by atoms with E-state index >= 15 is 0 Å². The third-order valence-electron chi connectivity index (χ3n) is 8.13. The predicted octanol–water partition coefficient (Wildman–Crippen LogP) is 9.29. The molecule has 0 aromatic rings. The first-order chi connectivity index (χ1) is 14.3. The van der Waals surface area contributed by atoms with Crippen molar-refractivity contribution in [3.63, 3.8) is 0 Å². The number of allylic oxidation sites excluding steroid dienone is 12. The average molecular weight is 405 g/mol. The molecule has 0 saturated heterocycles. The zero-order valence-electron chi connectivity index (χ0n) is 20.4. The van der Waals surface area contributed by atoms with E-state index in [2.05, 4.69) is 84.1 Å². The van der Waals surface area contributed by atoms with E-state index in [9.17, 15) is 0 Å². The molecule has 0 heterocycles. The molecule has 0 fully saturated rings. The number of rotatable bonds is 5. The van der Waals surface area contributed by atoms with Crippen LogP contribution < -0.4 is 0 Å². The van der Waals surface area contributed by atoms with Gasteiger partial charge in [0.2, 0.25) is 0 Å². The highest BCUT2D eigenvalue weighted by molar-refractivity contribution is 5.27. The van der Waals surface area contributed by atoms with Crippen molar-refractivity contribution < 1.29 is 0 Å². The minimum Gasteiger partial charge on any atom is -0.0850 e. The molecule has 4 atom stereocenters. The maximum absolute atomic E-state index is 2.61. The van der Waals surface area contributed by atoms with Gasteiger partial charge in [-0.2, -0.15) is 0 Å². The second-order valence-corrected chi connectivity index (χ2v) is 10.8. The molecular weight excluding hydrogens is 360 g/mol. The molecule has 0 aromatic heterocycles. The van der Waals surface area contributed by atoms with E-state index in [0.717, 1.165) is 11.8 Å². The van der Waals surface area contributed by atoms with Gasteiger partial charge in [-0.05, 0) is 103 Å². The summed E-state index contributed by atoms with van der Waals surface area (Å²) >= 11 is 0. The molecule has 0 spiro atoms. The fourth-order valence-electron chi connectivity index (χ4n) is 5.38. The van der Waals surface area contributed by atoms with Crippen LogP contribution in [0.1, 0.15) is 92.9 Å². The molecule has 0 N–H and O–H groups in total. The van der Waals surface area contributed by atoms with Gasteiger partial charge in [0.15, 0.2) is 0 Å².